The highest BCUT2D eigenvalue weighted by Gasteiger charge is 2.22. The molecule has 110 valence electrons. The topological polar surface area (TPSA) is 45.2 Å². The van der Waals surface area contributed by atoms with Gasteiger partial charge < -0.3 is 10.2 Å². The molecule has 21 heavy (non-hydrogen) atoms. The van der Waals surface area contributed by atoms with E-state index in [2.05, 4.69) is 28.5 Å². The number of nitrogens with one attached hydrogen (secondary N) is 1. The summed E-state index contributed by atoms with van der Waals surface area (Å²) in [5, 5.41) is 6.01. The van der Waals surface area contributed by atoms with E-state index in [-0.39, 0.29) is 12.1 Å². The van der Waals surface area contributed by atoms with Crippen molar-refractivity contribution in [2.45, 2.75) is 32.9 Å². The maximum Gasteiger partial charge on any atom is 0.318 e. The first-order valence-electron chi connectivity index (χ1n) is 7.18. The van der Waals surface area contributed by atoms with Crippen LogP contribution in [0.4, 0.5) is 4.79 Å². The smallest absolute Gasteiger partial charge is 0.318 e. The van der Waals surface area contributed by atoms with Gasteiger partial charge in [-0.1, -0.05) is 24.3 Å². The number of carbonyl (C=O) groups excluding carboxylic acids is 1. The van der Waals surface area contributed by atoms with Gasteiger partial charge in [-0.3, -0.25) is 0 Å². The van der Waals surface area contributed by atoms with Crippen molar-refractivity contribution in [2.75, 3.05) is 6.54 Å². The summed E-state index contributed by atoms with van der Waals surface area (Å²) >= 11 is 1.59. The van der Waals surface area contributed by atoms with Gasteiger partial charge in [-0.15, -0.1) is 11.3 Å². The first-order valence-corrected chi connectivity index (χ1v) is 8.05. The Morgan fingerprint density at radius 2 is 2.14 bits per heavy atom. The van der Waals surface area contributed by atoms with Crippen LogP contribution in [-0.2, 0) is 13.0 Å². The Morgan fingerprint density at radius 3 is 2.86 bits per heavy atom. The highest BCUT2D eigenvalue weighted by Crippen LogP contribution is 2.21. The minimum Gasteiger partial charge on any atom is -0.329 e. The van der Waals surface area contributed by atoms with Gasteiger partial charge in [0.15, 0.2) is 0 Å². The standard InChI is InChI=1S/C16H19N3OS/c1-11-10-21-15(17-11)12(2)18-16(20)19-8-7-13-5-3-4-6-14(13)9-19/h3-6,10,12H,7-9H2,1-2H3,(H,18,20). The number of hydrogen-bond donors (Lipinski definition) is 1. The number of fused-ring (bicyclic) bond motifs is 1. The Kier molecular flexibility index (Phi) is 3.92. The minimum absolute atomic E-state index is 0.00939. The molecule has 2 amide bonds. The third kappa shape index (κ3) is 3.08. The van der Waals surface area contributed by atoms with E-state index in [0.29, 0.717) is 6.54 Å². The van der Waals surface area contributed by atoms with E-state index in [1.54, 1.807) is 11.3 Å². The third-order valence-corrected chi connectivity index (χ3v) is 4.91. The molecule has 0 radical (unpaired) electrons. The Bertz CT molecular complexity index is 652. The quantitative estimate of drug-likeness (QED) is 0.925. The maximum absolute atomic E-state index is 12.4. The second-order valence-electron chi connectivity index (χ2n) is 5.44. The number of aromatic nitrogens is 1. The third-order valence-electron chi connectivity index (χ3n) is 3.77. The van der Waals surface area contributed by atoms with Crippen LogP contribution >= 0.6 is 11.3 Å². The van der Waals surface area contributed by atoms with E-state index >= 15 is 0 Å². The average molecular weight is 301 g/mol. The van der Waals surface area contributed by atoms with Crippen LogP contribution in [0.1, 0.15) is 34.8 Å². The van der Waals surface area contributed by atoms with Crippen LogP contribution in [0, 0.1) is 6.92 Å². The molecule has 0 fully saturated rings. The van der Waals surface area contributed by atoms with E-state index in [4.69, 9.17) is 0 Å². The number of amides is 2. The molecular weight excluding hydrogens is 282 g/mol. The fraction of sp³-hybridized carbons (Fsp3) is 0.375. The summed E-state index contributed by atoms with van der Waals surface area (Å²) in [5.74, 6) is 0. The van der Waals surface area contributed by atoms with E-state index in [0.717, 1.165) is 23.7 Å². The summed E-state index contributed by atoms with van der Waals surface area (Å²) in [6, 6.07) is 8.27. The second-order valence-corrected chi connectivity index (χ2v) is 6.33. The fourth-order valence-electron chi connectivity index (χ4n) is 2.58. The van der Waals surface area contributed by atoms with Crippen molar-refractivity contribution in [3.8, 4) is 0 Å². The first kappa shape index (κ1) is 14.1. The van der Waals surface area contributed by atoms with Crippen molar-refractivity contribution >= 4 is 17.4 Å². The lowest BCUT2D eigenvalue weighted by Crippen LogP contribution is -2.43. The Morgan fingerprint density at radius 1 is 1.38 bits per heavy atom. The molecule has 1 aliphatic heterocycles. The number of carbonyl (C=O) groups is 1. The van der Waals surface area contributed by atoms with Gasteiger partial charge in [-0.05, 0) is 31.4 Å². The van der Waals surface area contributed by atoms with E-state index < -0.39 is 0 Å². The van der Waals surface area contributed by atoms with Crippen LogP contribution in [0.5, 0.6) is 0 Å². The van der Waals surface area contributed by atoms with Gasteiger partial charge in [-0.25, -0.2) is 9.78 Å². The summed E-state index contributed by atoms with van der Waals surface area (Å²) in [7, 11) is 0. The monoisotopic (exact) mass is 301 g/mol. The van der Waals surface area contributed by atoms with Crippen LogP contribution in [0.15, 0.2) is 29.6 Å². The number of rotatable bonds is 2. The van der Waals surface area contributed by atoms with Gasteiger partial charge in [-0.2, -0.15) is 0 Å². The molecule has 1 aliphatic rings. The predicted octanol–water partition coefficient (Wildman–Crippen LogP) is 3.28. The summed E-state index contributed by atoms with van der Waals surface area (Å²) in [6.07, 6.45) is 0.925. The van der Waals surface area contributed by atoms with Crippen LogP contribution in [0.3, 0.4) is 0 Å². The van der Waals surface area contributed by atoms with Gasteiger partial charge in [0.1, 0.15) is 5.01 Å². The summed E-state index contributed by atoms with van der Waals surface area (Å²) in [4.78, 5) is 18.7. The van der Waals surface area contributed by atoms with E-state index in [9.17, 15) is 4.79 Å². The molecule has 2 aromatic rings. The normalized spacial score (nSPS) is 15.4. The largest absolute Gasteiger partial charge is 0.329 e. The van der Waals surface area contributed by atoms with Crippen LogP contribution in [0.25, 0.3) is 0 Å². The maximum atomic E-state index is 12.4. The van der Waals surface area contributed by atoms with Crippen LogP contribution in [0.2, 0.25) is 0 Å². The molecule has 0 bridgehead atoms. The molecule has 5 heteroatoms. The zero-order valence-electron chi connectivity index (χ0n) is 12.3. The Hall–Kier alpha value is -1.88. The molecule has 0 saturated heterocycles. The highest BCUT2D eigenvalue weighted by atomic mass is 32.1. The molecule has 0 saturated carbocycles. The zero-order chi connectivity index (χ0) is 14.8. The van der Waals surface area contributed by atoms with E-state index in [1.807, 2.05) is 30.2 Å². The molecule has 0 aliphatic carbocycles. The van der Waals surface area contributed by atoms with Gasteiger partial charge in [0.05, 0.1) is 6.04 Å². The van der Waals surface area contributed by atoms with Crippen molar-refractivity contribution in [2.24, 2.45) is 0 Å². The lowest BCUT2D eigenvalue weighted by molar-refractivity contribution is 0.189. The van der Waals surface area contributed by atoms with E-state index in [1.165, 1.54) is 11.1 Å². The molecule has 2 heterocycles. The van der Waals surface area contributed by atoms with Crippen molar-refractivity contribution in [3.05, 3.63) is 51.5 Å². The minimum atomic E-state index is -0.0478. The fourth-order valence-corrected chi connectivity index (χ4v) is 3.38. The predicted molar refractivity (Wildman–Crippen MR) is 84.4 cm³/mol. The van der Waals surface area contributed by atoms with Crippen LogP contribution < -0.4 is 5.32 Å². The lowest BCUT2D eigenvalue weighted by Gasteiger charge is -2.29. The lowest BCUT2D eigenvalue weighted by atomic mass is 10.0. The molecule has 4 nitrogen and oxygen atoms in total. The van der Waals surface area contributed by atoms with Crippen molar-refractivity contribution < 1.29 is 4.79 Å². The van der Waals surface area contributed by atoms with Crippen molar-refractivity contribution in [1.82, 2.24) is 15.2 Å². The molecule has 1 N–H and O–H groups in total. The molecule has 1 unspecified atom stereocenters. The van der Waals surface area contributed by atoms with Crippen molar-refractivity contribution in [1.29, 1.82) is 0 Å². The van der Waals surface area contributed by atoms with Gasteiger partial charge >= 0.3 is 6.03 Å². The Labute approximate surface area is 128 Å². The summed E-state index contributed by atoms with van der Waals surface area (Å²) < 4.78 is 0. The summed E-state index contributed by atoms with van der Waals surface area (Å²) in [6.45, 7) is 5.41. The molecule has 0 spiro atoms. The van der Waals surface area contributed by atoms with Crippen LogP contribution in [-0.4, -0.2) is 22.5 Å². The van der Waals surface area contributed by atoms with Crippen molar-refractivity contribution in [3.63, 3.8) is 0 Å². The Balaban J connectivity index is 1.64. The zero-order valence-corrected chi connectivity index (χ0v) is 13.1. The molecular formula is C16H19N3OS. The molecule has 1 atom stereocenters. The summed E-state index contributed by atoms with van der Waals surface area (Å²) in [5.41, 5.74) is 3.60. The molecule has 1 aromatic heterocycles. The molecule has 1 aromatic carbocycles. The first-order chi connectivity index (χ1) is 10.1. The number of nitrogens with zero attached hydrogens (tertiary/aromatic N) is 2. The molecule has 3 rings (SSSR count). The SMILES string of the molecule is Cc1csc(C(C)NC(=O)N2CCc3ccccc3C2)n1. The van der Waals surface area contributed by atoms with Gasteiger partial charge in [0.25, 0.3) is 0 Å². The number of urea groups is 1. The highest BCUT2D eigenvalue weighted by molar-refractivity contribution is 7.09. The van der Waals surface area contributed by atoms with Gasteiger partial charge in [0, 0.05) is 24.2 Å². The number of aryl methyl sites for hydroxylation is 1. The number of benzene rings is 1. The second kappa shape index (κ2) is 5.85. The number of thiazole rings is 1. The number of hydrogen-bond acceptors (Lipinski definition) is 3. The van der Waals surface area contributed by atoms with Gasteiger partial charge in [0.2, 0.25) is 0 Å². The average Bonchev–Trinajstić information content (AvgIpc) is 2.93.